The standard InChI is InChI=1S/C25H29ClN4O3.ClH/c1-15-6-5-7-21(16(15)2)30-12-10-29(11-13-30)17(3)24(31)28-22-19-14-18(26)8-9-20(19)27-23(22)25(32)33-4;/h5-9,14,17,27H,10-13H2,1-4H3,(H,28,31);1H. The molecule has 1 atom stereocenters. The SMILES string of the molecule is COC(=O)c1[nH]c2ccc(Cl)cc2c1NC(=O)C(C)N1CCN(c2cccc(C)c2C)CC1.Cl. The van der Waals surface area contributed by atoms with Gasteiger partial charge in [-0.2, -0.15) is 0 Å². The molecule has 1 aliphatic rings. The zero-order valence-corrected chi connectivity index (χ0v) is 21.3. The lowest BCUT2D eigenvalue weighted by Crippen LogP contribution is -2.53. The number of fused-ring (bicyclic) bond motifs is 1. The highest BCUT2D eigenvalue weighted by Crippen LogP contribution is 2.31. The number of esters is 1. The fourth-order valence-electron chi connectivity index (χ4n) is 4.37. The minimum absolute atomic E-state index is 0. The average molecular weight is 505 g/mol. The van der Waals surface area contributed by atoms with Crippen molar-refractivity contribution < 1.29 is 14.3 Å². The third-order valence-electron chi connectivity index (χ3n) is 6.56. The molecule has 7 nitrogen and oxygen atoms in total. The number of hydrogen-bond acceptors (Lipinski definition) is 5. The van der Waals surface area contributed by atoms with Crippen LogP contribution in [-0.2, 0) is 9.53 Å². The van der Waals surface area contributed by atoms with Crippen molar-refractivity contribution in [2.24, 2.45) is 0 Å². The molecular formula is C25H30Cl2N4O3. The molecule has 34 heavy (non-hydrogen) atoms. The summed E-state index contributed by atoms with van der Waals surface area (Å²) in [5.74, 6) is -0.728. The van der Waals surface area contributed by atoms with Gasteiger partial charge in [-0.3, -0.25) is 9.69 Å². The van der Waals surface area contributed by atoms with Crippen molar-refractivity contribution in [2.75, 3.05) is 43.5 Å². The molecule has 2 N–H and O–H groups in total. The molecule has 0 spiro atoms. The number of anilines is 2. The number of H-pyrrole nitrogens is 1. The molecule has 0 bridgehead atoms. The van der Waals surface area contributed by atoms with Crippen LogP contribution in [0.25, 0.3) is 10.9 Å². The van der Waals surface area contributed by atoms with Crippen LogP contribution in [0, 0.1) is 13.8 Å². The van der Waals surface area contributed by atoms with Crippen LogP contribution in [0.1, 0.15) is 28.5 Å². The molecular weight excluding hydrogens is 475 g/mol. The number of nitrogens with one attached hydrogen (secondary N) is 2. The maximum atomic E-state index is 13.2. The number of nitrogens with zero attached hydrogens (tertiary/aromatic N) is 2. The van der Waals surface area contributed by atoms with E-state index in [2.05, 4.69) is 52.1 Å². The first-order chi connectivity index (χ1) is 15.8. The van der Waals surface area contributed by atoms with E-state index in [0.29, 0.717) is 21.6 Å². The summed E-state index contributed by atoms with van der Waals surface area (Å²) in [7, 11) is 1.31. The van der Waals surface area contributed by atoms with Crippen molar-refractivity contribution >= 4 is 58.2 Å². The molecule has 1 aliphatic heterocycles. The molecule has 0 radical (unpaired) electrons. The highest BCUT2D eigenvalue weighted by Gasteiger charge is 2.28. The number of methoxy groups -OCH3 is 1. The second-order valence-corrected chi connectivity index (χ2v) is 8.90. The van der Waals surface area contributed by atoms with Gasteiger partial charge in [0.25, 0.3) is 0 Å². The van der Waals surface area contributed by atoms with E-state index < -0.39 is 5.97 Å². The van der Waals surface area contributed by atoms with Crippen LogP contribution in [0.2, 0.25) is 5.02 Å². The van der Waals surface area contributed by atoms with Gasteiger partial charge in [-0.15, -0.1) is 12.4 Å². The van der Waals surface area contributed by atoms with Crippen molar-refractivity contribution in [1.29, 1.82) is 0 Å². The van der Waals surface area contributed by atoms with Crippen LogP contribution < -0.4 is 10.2 Å². The Kier molecular flexibility index (Phi) is 8.13. The molecule has 1 amide bonds. The summed E-state index contributed by atoms with van der Waals surface area (Å²) < 4.78 is 4.90. The summed E-state index contributed by atoms with van der Waals surface area (Å²) in [6.45, 7) is 9.40. The van der Waals surface area contributed by atoms with E-state index in [1.165, 1.54) is 23.9 Å². The topological polar surface area (TPSA) is 77.7 Å². The maximum Gasteiger partial charge on any atom is 0.356 e. The highest BCUT2D eigenvalue weighted by molar-refractivity contribution is 6.31. The number of piperazine rings is 1. The van der Waals surface area contributed by atoms with Crippen molar-refractivity contribution in [3.63, 3.8) is 0 Å². The van der Waals surface area contributed by atoms with Gasteiger partial charge in [-0.25, -0.2) is 4.79 Å². The number of benzene rings is 2. The summed E-state index contributed by atoms with van der Waals surface area (Å²) in [5, 5.41) is 4.13. The Hall–Kier alpha value is -2.74. The molecule has 182 valence electrons. The molecule has 1 saturated heterocycles. The third kappa shape index (κ3) is 5.02. The van der Waals surface area contributed by atoms with Crippen LogP contribution in [-0.4, -0.2) is 61.1 Å². The van der Waals surface area contributed by atoms with E-state index in [1.54, 1.807) is 18.2 Å². The Labute approximate surface area is 210 Å². The Bertz CT molecular complexity index is 1200. The highest BCUT2D eigenvalue weighted by atomic mass is 35.5. The first-order valence-electron chi connectivity index (χ1n) is 11.1. The van der Waals surface area contributed by atoms with Gasteiger partial charge in [0.1, 0.15) is 5.69 Å². The van der Waals surface area contributed by atoms with Crippen molar-refractivity contribution in [2.45, 2.75) is 26.8 Å². The average Bonchev–Trinajstić information content (AvgIpc) is 3.17. The number of aryl methyl sites for hydroxylation is 1. The van der Waals surface area contributed by atoms with Gasteiger partial charge in [0.15, 0.2) is 0 Å². The zero-order valence-electron chi connectivity index (χ0n) is 19.8. The van der Waals surface area contributed by atoms with Gasteiger partial charge in [0.2, 0.25) is 5.91 Å². The monoisotopic (exact) mass is 504 g/mol. The largest absolute Gasteiger partial charge is 0.464 e. The van der Waals surface area contributed by atoms with Crippen LogP contribution >= 0.6 is 24.0 Å². The number of hydrogen-bond donors (Lipinski definition) is 2. The van der Waals surface area contributed by atoms with E-state index in [-0.39, 0.29) is 30.0 Å². The number of rotatable bonds is 5. The maximum absolute atomic E-state index is 13.2. The Balaban J connectivity index is 0.00000324. The van der Waals surface area contributed by atoms with Gasteiger partial charge in [-0.05, 0) is 56.2 Å². The Morgan fingerprint density at radius 3 is 2.50 bits per heavy atom. The molecule has 1 aromatic heterocycles. The van der Waals surface area contributed by atoms with Gasteiger partial charge in [0.05, 0.1) is 18.8 Å². The van der Waals surface area contributed by atoms with E-state index in [1.807, 2.05) is 6.92 Å². The first-order valence-corrected chi connectivity index (χ1v) is 11.4. The zero-order chi connectivity index (χ0) is 23.7. The predicted octanol–water partition coefficient (Wildman–Crippen LogP) is 4.80. The van der Waals surface area contributed by atoms with Gasteiger partial charge in [0, 0.05) is 47.8 Å². The Morgan fingerprint density at radius 1 is 1.12 bits per heavy atom. The molecule has 4 rings (SSSR count). The second kappa shape index (κ2) is 10.7. The van der Waals surface area contributed by atoms with Crippen LogP contribution in [0.3, 0.4) is 0 Å². The quantitative estimate of drug-likeness (QED) is 0.488. The molecule has 3 aromatic rings. The molecule has 9 heteroatoms. The normalized spacial score (nSPS) is 15.0. The number of amides is 1. The van der Waals surface area contributed by atoms with E-state index in [0.717, 1.165) is 26.2 Å². The molecule has 0 saturated carbocycles. The van der Waals surface area contributed by atoms with Crippen LogP contribution in [0.5, 0.6) is 0 Å². The smallest absolute Gasteiger partial charge is 0.356 e. The van der Waals surface area contributed by atoms with Crippen molar-refractivity contribution in [3.05, 3.63) is 58.2 Å². The van der Waals surface area contributed by atoms with Crippen LogP contribution in [0.4, 0.5) is 11.4 Å². The fourth-order valence-corrected chi connectivity index (χ4v) is 4.54. The lowest BCUT2D eigenvalue weighted by Gasteiger charge is -2.39. The first kappa shape index (κ1) is 25.9. The number of carbonyl (C=O) groups is 2. The molecule has 1 fully saturated rings. The molecule has 0 aliphatic carbocycles. The number of ether oxygens (including phenoxy) is 1. The van der Waals surface area contributed by atoms with Gasteiger partial charge >= 0.3 is 5.97 Å². The van der Waals surface area contributed by atoms with E-state index >= 15 is 0 Å². The summed E-state index contributed by atoms with van der Waals surface area (Å²) in [6.07, 6.45) is 0. The van der Waals surface area contributed by atoms with Gasteiger partial charge < -0.3 is 19.9 Å². The number of halogens is 2. The summed E-state index contributed by atoms with van der Waals surface area (Å²) in [4.78, 5) is 33.1. The minimum atomic E-state index is -0.549. The van der Waals surface area contributed by atoms with E-state index in [9.17, 15) is 9.59 Å². The number of carbonyl (C=O) groups excluding carboxylic acids is 2. The second-order valence-electron chi connectivity index (χ2n) is 8.46. The molecule has 1 unspecified atom stereocenters. The summed E-state index contributed by atoms with van der Waals surface area (Å²) >= 11 is 6.16. The van der Waals surface area contributed by atoms with E-state index in [4.69, 9.17) is 16.3 Å². The lowest BCUT2D eigenvalue weighted by atomic mass is 10.1. The summed E-state index contributed by atoms with van der Waals surface area (Å²) in [6, 6.07) is 11.2. The Morgan fingerprint density at radius 2 is 1.82 bits per heavy atom. The minimum Gasteiger partial charge on any atom is -0.464 e. The summed E-state index contributed by atoms with van der Waals surface area (Å²) in [5.41, 5.74) is 5.13. The third-order valence-corrected chi connectivity index (χ3v) is 6.79. The predicted molar refractivity (Wildman–Crippen MR) is 140 cm³/mol. The number of aromatic nitrogens is 1. The number of aromatic amines is 1. The molecule has 2 aromatic carbocycles. The fraction of sp³-hybridized carbons (Fsp3) is 0.360. The molecule has 2 heterocycles. The van der Waals surface area contributed by atoms with Gasteiger partial charge in [-0.1, -0.05) is 23.7 Å². The van der Waals surface area contributed by atoms with Crippen molar-refractivity contribution in [3.8, 4) is 0 Å². The van der Waals surface area contributed by atoms with Crippen LogP contribution in [0.15, 0.2) is 36.4 Å². The van der Waals surface area contributed by atoms with Crippen molar-refractivity contribution in [1.82, 2.24) is 9.88 Å². The lowest BCUT2D eigenvalue weighted by molar-refractivity contribution is -0.120.